The summed E-state index contributed by atoms with van der Waals surface area (Å²) in [6.07, 6.45) is 5.11. The first-order valence-electron chi connectivity index (χ1n) is 8.37. The van der Waals surface area contributed by atoms with Crippen LogP contribution in [0.3, 0.4) is 0 Å². The number of sulfonamides is 1. The minimum Gasteiger partial charge on any atom is -0.344 e. The monoisotopic (exact) mass is 363 g/mol. The largest absolute Gasteiger partial charge is 0.344 e. The highest BCUT2D eigenvalue weighted by Crippen LogP contribution is 2.21. The Morgan fingerprint density at radius 2 is 1.80 bits per heavy atom. The van der Waals surface area contributed by atoms with E-state index in [0.717, 1.165) is 5.56 Å². The van der Waals surface area contributed by atoms with Gasteiger partial charge in [-0.05, 0) is 23.6 Å². The van der Waals surface area contributed by atoms with E-state index in [-0.39, 0.29) is 19.0 Å². The van der Waals surface area contributed by atoms with Gasteiger partial charge in [-0.3, -0.25) is 9.69 Å². The number of benzene rings is 1. The van der Waals surface area contributed by atoms with Crippen LogP contribution in [-0.2, 0) is 14.8 Å². The summed E-state index contributed by atoms with van der Waals surface area (Å²) in [4.78, 5) is 13.9. The molecule has 0 saturated carbocycles. The molecule has 0 aliphatic carbocycles. The second-order valence-electron chi connectivity index (χ2n) is 6.38. The van der Waals surface area contributed by atoms with Gasteiger partial charge in [-0.1, -0.05) is 31.9 Å². The number of piperazine rings is 1. The van der Waals surface area contributed by atoms with Crippen LogP contribution in [0.25, 0.3) is 0 Å². The molecule has 0 radical (unpaired) electrons. The Labute approximate surface area is 150 Å². The molecule has 0 bridgehead atoms. The normalized spacial score (nSPS) is 16.6. The van der Waals surface area contributed by atoms with Crippen LogP contribution in [0.5, 0.6) is 0 Å². The number of carbonyl (C=O) groups is 1. The maximum atomic E-state index is 12.7. The van der Waals surface area contributed by atoms with Crippen LogP contribution in [0, 0.1) is 12.3 Å². The standard InChI is InChI=1S/C18H25N3O3S/c1-4-9-19-18(22)14-20-10-12-21(13-11-20)25(23,24)17-7-5-16(6-8-17)15(2)3/h1,5-8,15H,9-14H2,2-3H3,(H,19,22). The highest BCUT2D eigenvalue weighted by Gasteiger charge is 2.29. The van der Waals surface area contributed by atoms with Crippen LogP contribution >= 0.6 is 0 Å². The van der Waals surface area contributed by atoms with Gasteiger partial charge >= 0.3 is 0 Å². The Morgan fingerprint density at radius 1 is 1.20 bits per heavy atom. The van der Waals surface area contributed by atoms with Gasteiger partial charge in [0.25, 0.3) is 0 Å². The molecule has 25 heavy (non-hydrogen) atoms. The van der Waals surface area contributed by atoms with Gasteiger partial charge < -0.3 is 5.32 Å². The minimum absolute atomic E-state index is 0.140. The van der Waals surface area contributed by atoms with Crippen LogP contribution in [0.1, 0.15) is 25.3 Å². The van der Waals surface area contributed by atoms with Gasteiger partial charge in [0.2, 0.25) is 15.9 Å². The number of hydrogen-bond donors (Lipinski definition) is 1. The summed E-state index contributed by atoms with van der Waals surface area (Å²) >= 11 is 0. The maximum Gasteiger partial charge on any atom is 0.243 e. The summed E-state index contributed by atoms with van der Waals surface area (Å²) in [7, 11) is -3.49. The van der Waals surface area contributed by atoms with Gasteiger partial charge in [0.1, 0.15) is 0 Å². The van der Waals surface area contributed by atoms with Gasteiger partial charge in [-0.2, -0.15) is 4.31 Å². The number of rotatable bonds is 6. The van der Waals surface area contributed by atoms with Crippen molar-refractivity contribution in [2.45, 2.75) is 24.7 Å². The van der Waals surface area contributed by atoms with Crippen LogP contribution in [0.4, 0.5) is 0 Å². The second kappa shape index (κ2) is 8.48. The highest BCUT2D eigenvalue weighted by molar-refractivity contribution is 7.89. The summed E-state index contributed by atoms with van der Waals surface area (Å²) in [5.74, 6) is 2.58. The van der Waals surface area contributed by atoms with Gasteiger partial charge in [0, 0.05) is 26.2 Å². The first-order chi connectivity index (χ1) is 11.8. The molecule has 1 aromatic rings. The lowest BCUT2D eigenvalue weighted by atomic mass is 10.0. The van der Waals surface area contributed by atoms with Crippen molar-refractivity contribution < 1.29 is 13.2 Å². The molecular formula is C18H25N3O3S. The quantitative estimate of drug-likeness (QED) is 0.762. The number of nitrogens with zero attached hydrogens (tertiary/aromatic N) is 2. The molecule has 1 N–H and O–H groups in total. The summed E-state index contributed by atoms with van der Waals surface area (Å²) in [5.41, 5.74) is 1.11. The average Bonchev–Trinajstić information content (AvgIpc) is 2.60. The zero-order valence-corrected chi connectivity index (χ0v) is 15.6. The van der Waals surface area contributed by atoms with E-state index in [1.807, 2.05) is 17.0 Å². The lowest BCUT2D eigenvalue weighted by Crippen LogP contribution is -2.51. The first-order valence-corrected chi connectivity index (χ1v) is 9.81. The first kappa shape index (κ1) is 19.4. The molecular weight excluding hydrogens is 338 g/mol. The topological polar surface area (TPSA) is 69.7 Å². The third-order valence-corrected chi connectivity index (χ3v) is 6.18. The highest BCUT2D eigenvalue weighted by atomic mass is 32.2. The van der Waals surface area contributed by atoms with Crippen molar-refractivity contribution in [3.63, 3.8) is 0 Å². The van der Waals surface area contributed by atoms with E-state index >= 15 is 0 Å². The molecule has 6 nitrogen and oxygen atoms in total. The molecule has 1 aliphatic heterocycles. The van der Waals surface area contributed by atoms with E-state index in [9.17, 15) is 13.2 Å². The smallest absolute Gasteiger partial charge is 0.243 e. The fourth-order valence-electron chi connectivity index (χ4n) is 2.71. The summed E-state index contributed by atoms with van der Waals surface area (Å²) < 4.78 is 27.0. The van der Waals surface area contributed by atoms with Gasteiger partial charge in [0.15, 0.2) is 0 Å². The van der Waals surface area contributed by atoms with E-state index in [1.165, 1.54) is 4.31 Å². The van der Waals surface area contributed by atoms with Gasteiger partial charge in [0.05, 0.1) is 18.0 Å². The predicted molar refractivity (Wildman–Crippen MR) is 97.6 cm³/mol. The van der Waals surface area contributed by atoms with Crippen LogP contribution < -0.4 is 5.32 Å². The fraction of sp³-hybridized carbons (Fsp3) is 0.500. The van der Waals surface area contributed by atoms with Crippen molar-refractivity contribution in [1.82, 2.24) is 14.5 Å². The average molecular weight is 363 g/mol. The van der Waals surface area contributed by atoms with Crippen molar-refractivity contribution in [3.05, 3.63) is 29.8 Å². The zero-order valence-electron chi connectivity index (χ0n) is 14.7. The third-order valence-electron chi connectivity index (χ3n) is 4.27. The van der Waals surface area contributed by atoms with Gasteiger partial charge in [-0.25, -0.2) is 8.42 Å². The molecule has 0 spiro atoms. The molecule has 1 aliphatic rings. The second-order valence-corrected chi connectivity index (χ2v) is 8.32. The van der Waals surface area contributed by atoms with Crippen molar-refractivity contribution in [1.29, 1.82) is 0 Å². The molecule has 136 valence electrons. The lowest BCUT2D eigenvalue weighted by Gasteiger charge is -2.33. The van der Waals surface area contributed by atoms with Crippen molar-refractivity contribution in [2.24, 2.45) is 0 Å². The zero-order chi connectivity index (χ0) is 18.4. The molecule has 1 amide bonds. The van der Waals surface area contributed by atoms with Crippen molar-refractivity contribution in [2.75, 3.05) is 39.3 Å². The Kier molecular flexibility index (Phi) is 6.59. The Hall–Kier alpha value is -1.88. The number of amides is 1. The number of carbonyl (C=O) groups excluding carboxylic acids is 1. The Morgan fingerprint density at radius 3 is 2.32 bits per heavy atom. The number of terminal acetylenes is 1. The molecule has 2 rings (SSSR count). The maximum absolute atomic E-state index is 12.7. The van der Waals surface area contributed by atoms with E-state index in [0.29, 0.717) is 37.0 Å². The predicted octanol–water partition coefficient (Wildman–Crippen LogP) is 0.866. The van der Waals surface area contributed by atoms with Crippen LogP contribution in [0.2, 0.25) is 0 Å². The van der Waals surface area contributed by atoms with E-state index in [4.69, 9.17) is 6.42 Å². The third kappa shape index (κ3) is 5.05. The minimum atomic E-state index is -3.49. The SMILES string of the molecule is C#CCNC(=O)CN1CCN(S(=O)(=O)c2ccc(C(C)C)cc2)CC1. The number of hydrogen-bond acceptors (Lipinski definition) is 4. The summed E-state index contributed by atoms with van der Waals surface area (Å²) in [6, 6.07) is 7.07. The van der Waals surface area contributed by atoms with E-state index < -0.39 is 10.0 Å². The Balaban J connectivity index is 1.95. The van der Waals surface area contributed by atoms with Crippen LogP contribution in [0.15, 0.2) is 29.2 Å². The molecule has 0 aromatic heterocycles. The molecule has 0 unspecified atom stereocenters. The summed E-state index contributed by atoms with van der Waals surface area (Å²) in [6.45, 7) is 6.37. The van der Waals surface area contributed by atoms with Crippen molar-refractivity contribution in [3.8, 4) is 12.3 Å². The fourth-order valence-corrected chi connectivity index (χ4v) is 4.13. The van der Waals surface area contributed by atoms with Crippen LogP contribution in [-0.4, -0.2) is 62.8 Å². The van der Waals surface area contributed by atoms with Crippen molar-refractivity contribution >= 4 is 15.9 Å². The molecule has 0 atom stereocenters. The van der Waals surface area contributed by atoms with E-state index in [1.54, 1.807) is 12.1 Å². The van der Waals surface area contributed by atoms with Gasteiger partial charge in [-0.15, -0.1) is 6.42 Å². The Bertz CT molecular complexity index is 728. The molecule has 7 heteroatoms. The molecule has 1 heterocycles. The number of nitrogens with one attached hydrogen (secondary N) is 1. The molecule has 1 aromatic carbocycles. The molecule has 1 fully saturated rings. The summed E-state index contributed by atoms with van der Waals surface area (Å²) in [5, 5.41) is 2.61. The lowest BCUT2D eigenvalue weighted by molar-refractivity contribution is -0.122. The molecule has 1 saturated heterocycles. The van der Waals surface area contributed by atoms with E-state index in [2.05, 4.69) is 25.1 Å².